The van der Waals surface area contributed by atoms with E-state index in [1.165, 1.54) is 17.7 Å². The third kappa shape index (κ3) is 4.19. The van der Waals surface area contributed by atoms with Crippen molar-refractivity contribution in [3.8, 4) is 11.5 Å². The molecular weight excluding hydrogens is 438 g/mol. The maximum Gasteiger partial charge on any atom is 0.238 e. The average Bonchev–Trinajstić information content (AvgIpc) is 3.28. The van der Waals surface area contributed by atoms with Crippen LogP contribution in [0.1, 0.15) is 24.0 Å². The third-order valence-electron chi connectivity index (χ3n) is 6.17. The van der Waals surface area contributed by atoms with Crippen molar-refractivity contribution in [1.82, 2.24) is 0 Å². The molecule has 0 bridgehead atoms. The highest BCUT2D eigenvalue weighted by Crippen LogP contribution is 2.36. The van der Waals surface area contributed by atoms with Gasteiger partial charge in [0, 0.05) is 12.0 Å². The fourth-order valence-corrected chi connectivity index (χ4v) is 5.03. The minimum atomic E-state index is -3.77. The molecule has 2 aliphatic rings. The first-order chi connectivity index (χ1) is 15.9. The van der Waals surface area contributed by atoms with E-state index >= 15 is 0 Å². The minimum absolute atomic E-state index is 0.0568. The smallest absolute Gasteiger partial charge is 0.238 e. The lowest BCUT2D eigenvalue weighted by molar-refractivity contribution is 0.146. The third-order valence-corrected chi connectivity index (χ3v) is 7.10. The standard InChI is InChI=1S/C25H25N3O4S/c1-31-24-9-5-3-7-20(24)21-16-22(25-15-10-17-6-2-4-8-23(17)32-25)28(27-21)18-11-13-19(14-12-18)33(26,29)30/h2-9,11-14,22,25H,10,15-16H2,1H3,(H2,26,29,30). The molecule has 8 heteroatoms. The molecular formula is C25H25N3O4S. The summed E-state index contributed by atoms with van der Waals surface area (Å²) < 4.78 is 35.4. The van der Waals surface area contributed by atoms with Crippen molar-refractivity contribution in [3.63, 3.8) is 0 Å². The summed E-state index contributed by atoms with van der Waals surface area (Å²) in [6.07, 6.45) is 2.39. The molecule has 2 N–H and O–H groups in total. The van der Waals surface area contributed by atoms with Crippen molar-refractivity contribution in [2.75, 3.05) is 12.1 Å². The first-order valence-corrected chi connectivity index (χ1v) is 12.4. The van der Waals surface area contributed by atoms with Gasteiger partial charge in [-0.05, 0) is 60.9 Å². The lowest BCUT2D eigenvalue weighted by Crippen LogP contribution is -2.43. The van der Waals surface area contributed by atoms with Crippen LogP contribution in [0.25, 0.3) is 0 Å². The Morgan fingerprint density at radius 3 is 2.52 bits per heavy atom. The summed E-state index contributed by atoms with van der Waals surface area (Å²) in [4.78, 5) is 0.0683. The number of nitrogens with zero attached hydrogens (tertiary/aromatic N) is 2. The van der Waals surface area contributed by atoms with Crippen LogP contribution >= 0.6 is 0 Å². The first-order valence-electron chi connectivity index (χ1n) is 10.8. The summed E-state index contributed by atoms with van der Waals surface area (Å²) in [6.45, 7) is 0. The SMILES string of the molecule is COc1ccccc1C1=NN(c2ccc(S(N)(=O)=O)cc2)C(C2CCc3ccccc3O2)C1. The second-order valence-corrected chi connectivity index (χ2v) is 9.77. The van der Waals surface area contributed by atoms with Gasteiger partial charge in [-0.2, -0.15) is 5.10 Å². The fourth-order valence-electron chi connectivity index (χ4n) is 4.52. The molecule has 2 unspecified atom stereocenters. The Morgan fingerprint density at radius 1 is 1.03 bits per heavy atom. The molecule has 0 saturated heterocycles. The number of para-hydroxylation sites is 2. The lowest BCUT2D eigenvalue weighted by Gasteiger charge is -2.34. The van der Waals surface area contributed by atoms with E-state index in [1.54, 1.807) is 19.2 Å². The molecule has 5 rings (SSSR count). The summed E-state index contributed by atoms with van der Waals surface area (Å²) >= 11 is 0. The van der Waals surface area contributed by atoms with Gasteiger partial charge in [0.2, 0.25) is 10.0 Å². The zero-order valence-electron chi connectivity index (χ0n) is 18.2. The van der Waals surface area contributed by atoms with Crippen LogP contribution in [-0.4, -0.2) is 33.4 Å². The monoisotopic (exact) mass is 463 g/mol. The molecule has 0 amide bonds. The largest absolute Gasteiger partial charge is 0.496 e. The molecule has 33 heavy (non-hydrogen) atoms. The number of aryl methyl sites for hydroxylation is 1. The molecule has 0 fully saturated rings. The van der Waals surface area contributed by atoms with Gasteiger partial charge in [0.15, 0.2) is 0 Å². The Kier molecular flexibility index (Phi) is 5.55. The molecule has 3 aromatic carbocycles. The Hall–Kier alpha value is -3.36. The van der Waals surface area contributed by atoms with Crippen molar-refractivity contribution < 1.29 is 17.9 Å². The number of hydrazone groups is 1. The van der Waals surface area contributed by atoms with Crippen LogP contribution in [0.15, 0.2) is 82.8 Å². The van der Waals surface area contributed by atoms with Crippen molar-refractivity contribution >= 4 is 21.4 Å². The van der Waals surface area contributed by atoms with Gasteiger partial charge >= 0.3 is 0 Å². The van der Waals surface area contributed by atoms with Crippen LogP contribution in [0.4, 0.5) is 5.69 Å². The highest BCUT2D eigenvalue weighted by Gasteiger charge is 2.38. The Balaban J connectivity index is 1.52. The van der Waals surface area contributed by atoms with Gasteiger partial charge < -0.3 is 9.47 Å². The topological polar surface area (TPSA) is 94.2 Å². The second-order valence-electron chi connectivity index (χ2n) is 8.20. The summed E-state index contributed by atoms with van der Waals surface area (Å²) in [5.41, 5.74) is 3.82. The molecule has 0 spiro atoms. The van der Waals surface area contributed by atoms with Gasteiger partial charge in [0.25, 0.3) is 0 Å². The van der Waals surface area contributed by atoms with E-state index in [4.69, 9.17) is 19.7 Å². The van der Waals surface area contributed by atoms with Gasteiger partial charge in [-0.25, -0.2) is 13.6 Å². The van der Waals surface area contributed by atoms with Crippen molar-refractivity contribution in [2.24, 2.45) is 10.2 Å². The van der Waals surface area contributed by atoms with E-state index in [0.29, 0.717) is 6.42 Å². The number of benzene rings is 3. The summed E-state index contributed by atoms with van der Waals surface area (Å²) in [5, 5.41) is 12.2. The molecule has 170 valence electrons. The molecule has 0 aliphatic carbocycles. The Labute approximate surface area is 193 Å². The zero-order chi connectivity index (χ0) is 23.0. The summed E-state index contributed by atoms with van der Waals surface area (Å²) in [6, 6.07) is 22.4. The van der Waals surface area contributed by atoms with Crippen molar-refractivity contribution in [2.45, 2.75) is 36.3 Å². The number of anilines is 1. The molecule has 0 radical (unpaired) electrons. The molecule has 2 aliphatic heterocycles. The van der Waals surface area contributed by atoms with E-state index in [2.05, 4.69) is 6.07 Å². The van der Waals surface area contributed by atoms with Crippen LogP contribution < -0.4 is 19.6 Å². The van der Waals surface area contributed by atoms with Crippen molar-refractivity contribution in [3.05, 3.63) is 83.9 Å². The Morgan fingerprint density at radius 2 is 1.76 bits per heavy atom. The maximum atomic E-state index is 11.7. The van der Waals surface area contributed by atoms with E-state index < -0.39 is 10.0 Å². The highest BCUT2D eigenvalue weighted by atomic mass is 32.2. The van der Waals surface area contributed by atoms with Gasteiger partial charge in [-0.1, -0.05) is 30.3 Å². The van der Waals surface area contributed by atoms with Crippen LogP contribution in [0.3, 0.4) is 0 Å². The zero-order valence-corrected chi connectivity index (χ0v) is 19.0. The molecule has 2 heterocycles. The maximum absolute atomic E-state index is 11.7. The number of methoxy groups -OCH3 is 1. The number of primary sulfonamides is 1. The van der Waals surface area contributed by atoms with Gasteiger partial charge in [-0.3, -0.25) is 5.01 Å². The first kappa shape index (κ1) is 21.5. The van der Waals surface area contributed by atoms with Crippen molar-refractivity contribution in [1.29, 1.82) is 0 Å². The minimum Gasteiger partial charge on any atom is -0.496 e. The van der Waals surface area contributed by atoms with E-state index in [0.717, 1.165) is 41.3 Å². The van der Waals surface area contributed by atoms with Crippen LogP contribution in [0, 0.1) is 0 Å². The molecule has 0 saturated carbocycles. The van der Waals surface area contributed by atoms with Crippen LogP contribution in [0.5, 0.6) is 11.5 Å². The highest BCUT2D eigenvalue weighted by molar-refractivity contribution is 7.89. The van der Waals surface area contributed by atoms with Gasteiger partial charge in [0.05, 0.1) is 29.4 Å². The van der Waals surface area contributed by atoms with E-state index in [1.807, 2.05) is 47.5 Å². The van der Waals surface area contributed by atoms with E-state index in [9.17, 15) is 8.42 Å². The summed E-state index contributed by atoms with van der Waals surface area (Å²) in [5.74, 6) is 1.67. The summed E-state index contributed by atoms with van der Waals surface area (Å²) in [7, 11) is -2.12. The normalized spacial score (nSPS) is 20.1. The van der Waals surface area contributed by atoms with Crippen LogP contribution in [-0.2, 0) is 16.4 Å². The predicted molar refractivity (Wildman–Crippen MR) is 127 cm³/mol. The quantitative estimate of drug-likeness (QED) is 0.622. The van der Waals surface area contributed by atoms with Gasteiger partial charge in [0.1, 0.15) is 17.6 Å². The number of hydrogen-bond donors (Lipinski definition) is 1. The number of fused-ring (bicyclic) bond motifs is 1. The van der Waals surface area contributed by atoms with Crippen LogP contribution in [0.2, 0.25) is 0 Å². The van der Waals surface area contributed by atoms with Gasteiger partial charge in [-0.15, -0.1) is 0 Å². The molecule has 2 atom stereocenters. The fraction of sp³-hybridized carbons (Fsp3) is 0.240. The number of sulfonamides is 1. The second kappa shape index (κ2) is 8.53. The molecule has 0 aromatic heterocycles. The number of nitrogens with two attached hydrogens (primary N) is 1. The number of ether oxygens (including phenoxy) is 2. The Bertz CT molecular complexity index is 1310. The number of hydrogen-bond acceptors (Lipinski definition) is 6. The number of rotatable bonds is 5. The lowest BCUT2D eigenvalue weighted by atomic mass is 9.93. The predicted octanol–water partition coefficient (Wildman–Crippen LogP) is 3.72. The molecule has 7 nitrogen and oxygen atoms in total. The van der Waals surface area contributed by atoms with E-state index in [-0.39, 0.29) is 17.0 Å². The average molecular weight is 464 g/mol. The molecule has 3 aromatic rings.